The molecule has 6 heteroatoms. The van der Waals surface area contributed by atoms with E-state index in [2.05, 4.69) is 22.4 Å². The van der Waals surface area contributed by atoms with Crippen LogP contribution in [0, 0.1) is 0 Å². The highest BCUT2D eigenvalue weighted by molar-refractivity contribution is 6.29. The molecule has 1 aliphatic rings. The summed E-state index contributed by atoms with van der Waals surface area (Å²) >= 11 is 5.74. The number of pyridine rings is 1. The Balaban J connectivity index is 1.93. The third-order valence-electron chi connectivity index (χ3n) is 2.71. The number of halogens is 1. The summed E-state index contributed by atoms with van der Waals surface area (Å²) in [6.07, 6.45) is 0. The van der Waals surface area contributed by atoms with E-state index in [1.54, 1.807) is 18.2 Å². The molecule has 0 aliphatic carbocycles. The van der Waals surface area contributed by atoms with Gasteiger partial charge in [-0.05, 0) is 19.2 Å². The largest absolute Gasteiger partial charge is 0.304 e. The smallest absolute Gasteiger partial charge is 0.284 e. The van der Waals surface area contributed by atoms with E-state index >= 15 is 0 Å². The summed E-state index contributed by atoms with van der Waals surface area (Å²) in [4.78, 5) is 18.1. The molecule has 0 atom stereocenters. The molecule has 2 heterocycles. The van der Waals surface area contributed by atoms with Gasteiger partial charge in [-0.2, -0.15) is 0 Å². The van der Waals surface area contributed by atoms with Gasteiger partial charge in [0.2, 0.25) is 0 Å². The molecule has 1 amide bonds. The first-order valence-electron chi connectivity index (χ1n) is 5.52. The highest BCUT2D eigenvalue weighted by atomic mass is 35.5. The van der Waals surface area contributed by atoms with Crippen molar-refractivity contribution in [3.8, 4) is 0 Å². The van der Waals surface area contributed by atoms with Gasteiger partial charge in [0.15, 0.2) is 0 Å². The molecular weight excluding hydrogens is 240 g/mol. The van der Waals surface area contributed by atoms with Crippen molar-refractivity contribution in [1.82, 2.24) is 20.3 Å². The normalized spacial score (nSPS) is 18.0. The molecule has 0 spiro atoms. The number of hydrazine groups is 1. The number of aromatic nitrogens is 1. The minimum Gasteiger partial charge on any atom is -0.304 e. The van der Waals surface area contributed by atoms with Gasteiger partial charge >= 0.3 is 0 Å². The molecule has 17 heavy (non-hydrogen) atoms. The Morgan fingerprint density at radius 2 is 2.06 bits per heavy atom. The maximum absolute atomic E-state index is 11.9. The molecule has 0 aromatic carbocycles. The van der Waals surface area contributed by atoms with Gasteiger partial charge in [-0.25, -0.2) is 9.99 Å². The van der Waals surface area contributed by atoms with Crippen molar-refractivity contribution in [2.75, 3.05) is 33.2 Å². The summed E-state index contributed by atoms with van der Waals surface area (Å²) in [7, 11) is 2.07. The molecule has 1 N–H and O–H groups in total. The molecule has 0 radical (unpaired) electrons. The minimum absolute atomic E-state index is 0.211. The fourth-order valence-electron chi connectivity index (χ4n) is 1.65. The second kappa shape index (κ2) is 5.44. The fraction of sp³-hybridized carbons (Fsp3) is 0.455. The highest BCUT2D eigenvalue weighted by Crippen LogP contribution is 2.05. The third-order valence-corrected chi connectivity index (χ3v) is 2.92. The predicted molar refractivity (Wildman–Crippen MR) is 65.8 cm³/mol. The number of hydrogen-bond donors (Lipinski definition) is 1. The number of carbonyl (C=O) groups excluding carboxylic acids is 1. The second-order valence-corrected chi connectivity index (χ2v) is 4.46. The molecule has 5 nitrogen and oxygen atoms in total. The zero-order valence-electron chi connectivity index (χ0n) is 9.69. The summed E-state index contributed by atoms with van der Waals surface area (Å²) in [6, 6.07) is 5.01. The number of hydrogen-bond acceptors (Lipinski definition) is 4. The Morgan fingerprint density at radius 1 is 1.35 bits per heavy atom. The van der Waals surface area contributed by atoms with Gasteiger partial charge in [-0.3, -0.25) is 10.2 Å². The third kappa shape index (κ3) is 3.39. The molecule has 1 aromatic rings. The Morgan fingerprint density at radius 3 is 2.71 bits per heavy atom. The number of rotatable bonds is 2. The van der Waals surface area contributed by atoms with E-state index in [9.17, 15) is 4.79 Å². The van der Waals surface area contributed by atoms with Crippen molar-refractivity contribution in [3.05, 3.63) is 29.0 Å². The van der Waals surface area contributed by atoms with Crippen LogP contribution in [-0.2, 0) is 0 Å². The van der Waals surface area contributed by atoms with E-state index in [0.29, 0.717) is 10.8 Å². The van der Waals surface area contributed by atoms with Gasteiger partial charge in [0.25, 0.3) is 5.91 Å². The summed E-state index contributed by atoms with van der Waals surface area (Å²) < 4.78 is 0. The molecular formula is C11H15ClN4O. The van der Waals surface area contributed by atoms with E-state index in [4.69, 9.17) is 11.6 Å². The fourth-order valence-corrected chi connectivity index (χ4v) is 1.82. The van der Waals surface area contributed by atoms with Crippen molar-refractivity contribution in [2.45, 2.75) is 0 Å². The van der Waals surface area contributed by atoms with Crippen molar-refractivity contribution >= 4 is 17.5 Å². The summed E-state index contributed by atoms with van der Waals surface area (Å²) in [6.45, 7) is 3.54. The number of likely N-dealkylation sites (N-methyl/N-ethyl adjacent to an activating group) is 1. The van der Waals surface area contributed by atoms with Crippen LogP contribution >= 0.6 is 11.6 Å². The van der Waals surface area contributed by atoms with Crippen LogP contribution < -0.4 is 5.43 Å². The molecule has 0 saturated carbocycles. The first-order chi connectivity index (χ1) is 8.15. The lowest BCUT2D eigenvalue weighted by molar-refractivity contribution is 0.0658. The number of nitrogens with zero attached hydrogens (tertiary/aromatic N) is 3. The van der Waals surface area contributed by atoms with Crippen LogP contribution in [0.2, 0.25) is 5.15 Å². The van der Waals surface area contributed by atoms with Crippen molar-refractivity contribution in [2.24, 2.45) is 0 Å². The lowest BCUT2D eigenvalue weighted by atomic mass is 10.3. The minimum atomic E-state index is -0.211. The van der Waals surface area contributed by atoms with Crippen LogP contribution in [0.4, 0.5) is 0 Å². The molecule has 1 fully saturated rings. The Labute approximate surface area is 105 Å². The van der Waals surface area contributed by atoms with Crippen molar-refractivity contribution < 1.29 is 4.79 Å². The van der Waals surface area contributed by atoms with Crippen LogP contribution in [-0.4, -0.2) is 54.0 Å². The summed E-state index contributed by atoms with van der Waals surface area (Å²) in [5, 5.41) is 2.24. The Kier molecular flexibility index (Phi) is 3.93. The molecule has 0 bridgehead atoms. The van der Waals surface area contributed by atoms with E-state index in [0.717, 1.165) is 26.2 Å². The van der Waals surface area contributed by atoms with Crippen LogP contribution in [0.3, 0.4) is 0 Å². The maximum Gasteiger partial charge on any atom is 0.284 e. The van der Waals surface area contributed by atoms with Gasteiger partial charge in [0.05, 0.1) is 0 Å². The van der Waals surface area contributed by atoms with E-state index < -0.39 is 0 Å². The maximum atomic E-state index is 11.9. The predicted octanol–water partition coefficient (Wildman–Crippen LogP) is 0.627. The molecule has 1 aromatic heterocycles. The monoisotopic (exact) mass is 254 g/mol. The zero-order chi connectivity index (χ0) is 12.3. The van der Waals surface area contributed by atoms with Gasteiger partial charge in [-0.15, -0.1) is 0 Å². The number of amides is 1. The molecule has 2 rings (SSSR count). The zero-order valence-corrected chi connectivity index (χ0v) is 10.4. The van der Waals surface area contributed by atoms with Crippen molar-refractivity contribution in [3.63, 3.8) is 0 Å². The first kappa shape index (κ1) is 12.3. The van der Waals surface area contributed by atoms with Crippen LogP contribution in [0.25, 0.3) is 0 Å². The molecule has 0 unspecified atom stereocenters. The van der Waals surface area contributed by atoms with E-state index in [1.807, 2.05) is 5.01 Å². The summed E-state index contributed by atoms with van der Waals surface area (Å²) in [5.74, 6) is -0.211. The van der Waals surface area contributed by atoms with Gasteiger partial charge in [-0.1, -0.05) is 17.7 Å². The highest BCUT2D eigenvalue weighted by Gasteiger charge is 2.17. The Hall–Kier alpha value is -1.17. The SMILES string of the molecule is CN1CCN(NC(=O)c2cccc(Cl)n2)CC1. The van der Waals surface area contributed by atoms with Crippen LogP contribution in [0.5, 0.6) is 0 Å². The van der Waals surface area contributed by atoms with Crippen LogP contribution in [0.15, 0.2) is 18.2 Å². The first-order valence-corrected chi connectivity index (χ1v) is 5.90. The standard InChI is InChI=1S/C11H15ClN4O/c1-15-5-7-16(8-6-15)14-11(17)9-3-2-4-10(12)13-9/h2-4H,5-8H2,1H3,(H,14,17). The topological polar surface area (TPSA) is 48.5 Å². The number of nitrogens with one attached hydrogen (secondary N) is 1. The average Bonchev–Trinajstić information content (AvgIpc) is 2.32. The summed E-state index contributed by atoms with van der Waals surface area (Å²) in [5.41, 5.74) is 3.17. The second-order valence-electron chi connectivity index (χ2n) is 4.08. The Bertz CT molecular complexity index is 404. The van der Waals surface area contributed by atoms with E-state index in [-0.39, 0.29) is 5.91 Å². The molecule has 1 saturated heterocycles. The van der Waals surface area contributed by atoms with Gasteiger partial charge in [0.1, 0.15) is 10.8 Å². The van der Waals surface area contributed by atoms with Gasteiger partial charge < -0.3 is 4.90 Å². The number of piperazine rings is 1. The van der Waals surface area contributed by atoms with Crippen molar-refractivity contribution in [1.29, 1.82) is 0 Å². The molecule has 92 valence electrons. The lowest BCUT2D eigenvalue weighted by Crippen LogP contribution is -2.52. The van der Waals surface area contributed by atoms with Gasteiger partial charge in [0, 0.05) is 26.2 Å². The quantitative estimate of drug-likeness (QED) is 0.787. The van der Waals surface area contributed by atoms with E-state index in [1.165, 1.54) is 0 Å². The molecule has 1 aliphatic heterocycles. The number of carbonyl (C=O) groups is 1. The average molecular weight is 255 g/mol. The van der Waals surface area contributed by atoms with Crippen LogP contribution in [0.1, 0.15) is 10.5 Å². The lowest BCUT2D eigenvalue weighted by Gasteiger charge is -2.32.